The molecule has 0 spiro atoms. The van der Waals surface area contributed by atoms with E-state index in [-0.39, 0.29) is 5.91 Å². The molecule has 0 bridgehead atoms. The SMILES string of the molecule is CC(C)CCOCCN1C(=O)CCc2cc(I)ccc21. The molecule has 1 aliphatic heterocycles. The molecule has 3 nitrogen and oxygen atoms in total. The third kappa shape index (κ3) is 4.19. The van der Waals surface area contributed by atoms with Gasteiger partial charge in [0.2, 0.25) is 5.91 Å². The maximum Gasteiger partial charge on any atom is 0.227 e. The molecule has 1 amide bonds. The Hall–Kier alpha value is -0.620. The van der Waals surface area contributed by atoms with Gasteiger partial charge in [0.25, 0.3) is 0 Å². The predicted octanol–water partition coefficient (Wildman–Crippen LogP) is 3.63. The van der Waals surface area contributed by atoms with E-state index < -0.39 is 0 Å². The zero-order valence-electron chi connectivity index (χ0n) is 12.2. The van der Waals surface area contributed by atoms with Crippen molar-refractivity contribution in [2.75, 3.05) is 24.7 Å². The number of anilines is 1. The second-order valence-corrected chi connectivity index (χ2v) is 6.86. The number of carbonyl (C=O) groups excluding carboxylic acids is 1. The Kier molecular flexibility index (Phi) is 5.84. The van der Waals surface area contributed by atoms with E-state index in [0.29, 0.717) is 25.5 Å². The van der Waals surface area contributed by atoms with Crippen LogP contribution < -0.4 is 4.90 Å². The fraction of sp³-hybridized carbons (Fsp3) is 0.562. The molecule has 2 rings (SSSR count). The Labute approximate surface area is 134 Å². The van der Waals surface area contributed by atoms with Crippen molar-refractivity contribution in [3.63, 3.8) is 0 Å². The van der Waals surface area contributed by atoms with Gasteiger partial charge in [0, 0.05) is 28.8 Å². The van der Waals surface area contributed by atoms with Crippen LogP contribution in [-0.4, -0.2) is 25.7 Å². The maximum atomic E-state index is 12.1. The summed E-state index contributed by atoms with van der Waals surface area (Å²) < 4.78 is 6.86. The van der Waals surface area contributed by atoms with Gasteiger partial charge in [-0.3, -0.25) is 4.79 Å². The molecule has 0 saturated carbocycles. The summed E-state index contributed by atoms with van der Waals surface area (Å²) in [5.41, 5.74) is 2.34. The van der Waals surface area contributed by atoms with Crippen LogP contribution >= 0.6 is 22.6 Å². The first-order chi connectivity index (χ1) is 9.58. The molecule has 1 aromatic carbocycles. The minimum atomic E-state index is 0.214. The van der Waals surface area contributed by atoms with E-state index in [9.17, 15) is 4.79 Å². The average Bonchev–Trinajstić information content (AvgIpc) is 2.40. The van der Waals surface area contributed by atoms with E-state index in [2.05, 4.69) is 54.6 Å². The molecule has 0 unspecified atom stereocenters. The van der Waals surface area contributed by atoms with Gasteiger partial charge in [-0.25, -0.2) is 0 Å². The lowest BCUT2D eigenvalue weighted by Crippen LogP contribution is -2.37. The van der Waals surface area contributed by atoms with Crippen molar-refractivity contribution in [2.24, 2.45) is 5.92 Å². The second-order valence-electron chi connectivity index (χ2n) is 5.61. The first kappa shape index (κ1) is 15.8. The summed E-state index contributed by atoms with van der Waals surface area (Å²) in [6.07, 6.45) is 2.54. The minimum absolute atomic E-state index is 0.214. The topological polar surface area (TPSA) is 29.5 Å². The van der Waals surface area contributed by atoms with Crippen molar-refractivity contribution in [2.45, 2.75) is 33.1 Å². The van der Waals surface area contributed by atoms with E-state index in [4.69, 9.17) is 4.74 Å². The van der Waals surface area contributed by atoms with E-state index in [0.717, 1.165) is 25.1 Å². The highest BCUT2D eigenvalue weighted by Crippen LogP contribution is 2.29. The standard InChI is InChI=1S/C16H22INO2/c1-12(2)7-9-20-10-8-18-15-5-4-14(17)11-13(15)3-6-16(18)19/h4-5,11-12H,3,6-10H2,1-2H3. The van der Waals surface area contributed by atoms with Gasteiger partial charge in [-0.1, -0.05) is 13.8 Å². The molecular weight excluding hydrogens is 365 g/mol. The molecule has 0 fully saturated rings. The lowest BCUT2D eigenvalue weighted by molar-refractivity contribution is -0.119. The molecule has 0 N–H and O–H groups in total. The van der Waals surface area contributed by atoms with Gasteiger partial charge < -0.3 is 9.64 Å². The van der Waals surface area contributed by atoms with E-state index >= 15 is 0 Å². The molecule has 0 saturated heterocycles. The highest BCUT2D eigenvalue weighted by atomic mass is 127. The summed E-state index contributed by atoms with van der Waals surface area (Å²) in [6.45, 7) is 6.43. The van der Waals surface area contributed by atoms with Crippen LogP contribution in [0.5, 0.6) is 0 Å². The molecule has 0 radical (unpaired) electrons. The number of benzene rings is 1. The molecule has 0 aromatic heterocycles. The Morgan fingerprint density at radius 1 is 1.30 bits per heavy atom. The van der Waals surface area contributed by atoms with Crippen LogP contribution in [-0.2, 0) is 16.0 Å². The summed E-state index contributed by atoms with van der Waals surface area (Å²) in [5, 5.41) is 0. The van der Waals surface area contributed by atoms with Crippen LogP contribution in [0.15, 0.2) is 18.2 Å². The van der Waals surface area contributed by atoms with Crippen LogP contribution in [0.3, 0.4) is 0 Å². The monoisotopic (exact) mass is 387 g/mol. The average molecular weight is 387 g/mol. The third-order valence-electron chi connectivity index (χ3n) is 3.54. The predicted molar refractivity (Wildman–Crippen MR) is 90.1 cm³/mol. The van der Waals surface area contributed by atoms with Crippen molar-refractivity contribution < 1.29 is 9.53 Å². The van der Waals surface area contributed by atoms with Crippen molar-refractivity contribution >= 4 is 34.2 Å². The van der Waals surface area contributed by atoms with Gasteiger partial charge >= 0.3 is 0 Å². The van der Waals surface area contributed by atoms with E-state index in [1.807, 2.05) is 4.90 Å². The number of aryl methyl sites for hydroxylation is 1. The Morgan fingerprint density at radius 2 is 2.10 bits per heavy atom. The minimum Gasteiger partial charge on any atom is -0.380 e. The summed E-state index contributed by atoms with van der Waals surface area (Å²) in [6, 6.07) is 6.29. The normalized spacial score (nSPS) is 14.8. The van der Waals surface area contributed by atoms with Crippen molar-refractivity contribution in [3.05, 3.63) is 27.3 Å². The first-order valence-corrected chi connectivity index (χ1v) is 8.32. The zero-order chi connectivity index (χ0) is 14.5. The Morgan fingerprint density at radius 3 is 2.85 bits per heavy atom. The molecule has 0 aliphatic carbocycles. The van der Waals surface area contributed by atoms with Crippen LogP contribution in [0.4, 0.5) is 5.69 Å². The fourth-order valence-electron chi connectivity index (χ4n) is 2.35. The number of ether oxygens (including phenoxy) is 1. The van der Waals surface area contributed by atoms with Crippen molar-refractivity contribution in [1.82, 2.24) is 0 Å². The summed E-state index contributed by atoms with van der Waals surface area (Å²) in [4.78, 5) is 14.0. The largest absolute Gasteiger partial charge is 0.380 e. The lowest BCUT2D eigenvalue weighted by atomic mass is 10.0. The van der Waals surface area contributed by atoms with Gasteiger partial charge in [-0.05, 0) is 65.1 Å². The summed E-state index contributed by atoms with van der Waals surface area (Å²) >= 11 is 2.32. The van der Waals surface area contributed by atoms with Gasteiger partial charge in [0.15, 0.2) is 0 Å². The van der Waals surface area contributed by atoms with Gasteiger partial charge in [-0.15, -0.1) is 0 Å². The smallest absolute Gasteiger partial charge is 0.227 e. The lowest BCUT2D eigenvalue weighted by Gasteiger charge is -2.29. The number of fused-ring (bicyclic) bond motifs is 1. The Bertz CT molecular complexity index is 474. The molecule has 1 heterocycles. The third-order valence-corrected chi connectivity index (χ3v) is 4.21. The highest BCUT2D eigenvalue weighted by Gasteiger charge is 2.23. The zero-order valence-corrected chi connectivity index (χ0v) is 14.4. The summed E-state index contributed by atoms with van der Waals surface area (Å²) in [5.74, 6) is 0.876. The number of hydrogen-bond donors (Lipinski definition) is 0. The van der Waals surface area contributed by atoms with Crippen LogP contribution in [0.1, 0.15) is 32.3 Å². The number of nitrogens with zero attached hydrogens (tertiary/aromatic N) is 1. The van der Waals surface area contributed by atoms with Crippen LogP contribution in [0.25, 0.3) is 0 Å². The van der Waals surface area contributed by atoms with E-state index in [1.54, 1.807) is 0 Å². The van der Waals surface area contributed by atoms with Crippen molar-refractivity contribution in [3.8, 4) is 0 Å². The highest BCUT2D eigenvalue weighted by molar-refractivity contribution is 14.1. The number of amides is 1. The van der Waals surface area contributed by atoms with Crippen LogP contribution in [0.2, 0.25) is 0 Å². The van der Waals surface area contributed by atoms with Gasteiger partial charge in [-0.2, -0.15) is 0 Å². The maximum absolute atomic E-state index is 12.1. The molecular formula is C16H22INO2. The van der Waals surface area contributed by atoms with Crippen molar-refractivity contribution in [1.29, 1.82) is 0 Å². The van der Waals surface area contributed by atoms with Gasteiger partial charge in [0.1, 0.15) is 0 Å². The molecule has 4 heteroatoms. The molecule has 110 valence electrons. The van der Waals surface area contributed by atoms with Gasteiger partial charge in [0.05, 0.1) is 6.61 Å². The number of hydrogen-bond acceptors (Lipinski definition) is 2. The molecule has 1 aromatic rings. The fourth-order valence-corrected chi connectivity index (χ4v) is 2.91. The first-order valence-electron chi connectivity index (χ1n) is 7.24. The number of halogens is 1. The molecule has 20 heavy (non-hydrogen) atoms. The van der Waals surface area contributed by atoms with Crippen LogP contribution in [0, 0.1) is 9.49 Å². The number of carbonyl (C=O) groups is 1. The summed E-state index contributed by atoms with van der Waals surface area (Å²) in [7, 11) is 0. The van der Waals surface area contributed by atoms with E-state index in [1.165, 1.54) is 9.13 Å². The number of rotatable bonds is 6. The second kappa shape index (κ2) is 7.41. The Balaban J connectivity index is 1.92. The molecule has 1 aliphatic rings. The molecule has 0 atom stereocenters. The quantitative estimate of drug-likeness (QED) is 0.551.